The van der Waals surface area contributed by atoms with Crippen molar-refractivity contribution in [2.24, 2.45) is 0 Å². The summed E-state index contributed by atoms with van der Waals surface area (Å²) < 4.78 is 14.7. The topological polar surface area (TPSA) is 29.6 Å². The summed E-state index contributed by atoms with van der Waals surface area (Å²) in [5, 5.41) is 19.9. The van der Waals surface area contributed by atoms with Crippen molar-refractivity contribution in [2.75, 3.05) is 0 Å². The second kappa shape index (κ2) is 27.7. The van der Waals surface area contributed by atoms with Crippen LogP contribution in [0.5, 0.6) is 0 Å². The van der Waals surface area contributed by atoms with Gasteiger partial charge in [0.2, 0.25) is 0 Å². The molecule has 0 bridgehead atoms. The predicted octanol–water partition coefficient (Wildman–Crippen LogP) is 30.9. The van der Waals surface area contributed by atoms with Gasteiger partial charge in [-0.15, -0.1) is 0 Å². The van der Waals surface area contributed by atoms with E-state index >= 15 is 0 Å². The second-order valence-electron chi connectivity index (χ2n) is 32.3. The molecule has 0 spiro atoms. The zero-order valence-electron chi connectivity index (χ0n) is 66.4. The molecule has 6 heterocycles. The molecule has 0 aliphatic heterocycles. The Kier molecular flexibility index (Phi) is 15.6. The Labute approximate surface area is 702 Å². The first-order chi connectivity index (χ1) is 60.5. The fraction of sp³-hybridized carbons (Fsp3) is 0. The number of rotatable bonds is 10. The SMILES string of the molecule is c1ccc(-c2ccc(-n3c4ccc(-c5ccc6c(c5)c5ccccc5n6-c5ccc6ccccc6c5)cc4c4ccc5c(c6ccccc6n5-c5ccccc5)c43)cc2)cc1.c1ccc(-c2ccc(-n3c4ccc(-c5ccc6c(c5)c5ccccc5n6-c5ccc6ccccc6c5)cc4c4ccc5c6ccccc6n(-c6ccccc6)c5c43)cc2)cc1. The molecule has 568 valence electrons. The van der Waals surface area contributed by atoms with Gasteiger partial charge in [-0.2, -0.15) is 0 Å². The van der Waals surface area contributed by atoms with E-state index in [0.29, 0.717) is 0 Å². The van der Waals surface area contributed by atoms with Gasteiger partial charge in [0, 0.05) is 98.8 Å². The lowest BCUT2D eigenvalue weighted by molar-refractivity contribution is 1.15. The highest BCUT2D eigenvalue weighted by molar-refractivity contribution is 6.28. The van der Waals surface area contributed by atoms with Crippen LogP contribution in [0.1, 0.15) is 0 Å². The maximum Gasteiger partial charge on any atom is 0.0788 e. The van der Waals surface area contributed by atoms with Gasteiger partial charge in [-0.3, -0.25) is 0 Å². The van der Waals surface area contributed by atoms with Crippen LogP contribution in [0.4, 0.5) is 0 Å². The molecule has 0 saturated heterocycles. The number of hydrogen-bond donors (Lipinski definition) is 0. The van der Waals surface area contributed by atoms with Gasteiger partial charge in [-0.05, 0) is 218 Å². The molecular weight excluding hydrogens is 1480 g/mol. The Balaban J connectivity index is 0.000000134. The maximum absolute atomic E-state index is 2.49. The fourth-order valence-electron chi connectivity index (χ4n) is 20.1. The number of nitrogens with zero attached hydrogens (tertiary/aromatic N) is 6. The van der Waals surface area contributed by atoms with Crippen LogP contribution in [0.3, 0.4) is 0 Å². The van der Waals surface area contributed by atoms with Gasteiger partial charge in [-0.25, -0.2) is 0 Å². The van der Waals surface area contributed by atoms with E-state index in [1.807, 2.05) is 0 Å². The van der Waals surface area contributed by atoms with E-state index in [4.69, 9.17) is 0 Å². The lowest BCUT2D eigenvalue weighted by atomic mass is 10.00. The highest BCUT2D eigenvalue weighted by Crippen LogP contribution is 2.48. The van der Waals surface area contributed by atoms with Crippen molar-refractivity contribution < 1.29 is 0 Å². The maximum atomic E-state index is 2.49. The quantitative estimate of drug-likeness (QED) is 0.131. The molecular formula is C116H74N6. The summed E-state index contributed by atoms with van der Waals surface area (Å²) in [5.74, 6) is 0. The zero-order valence-corrected chi connectivity index (χ0v) is 66.4. The normalized spacial score (nSPS) is 11.9. The summed E-state index contributed by atoms with van der Waals surface area (Å²) in [7, 11) is 0. The molecule has 0 fully saturated rings. The average molecular weight is 1550 g/mol. The third-order valence-corrected chi connectivity index (χ3v) is 25.6. The second-order valence-corrected chi connectivity index (χ2v) is 32.3. The molecule has 20 aromatic carbocycles. The molecule has 26 rings (SSSR count). The standard InChI is InChI=1S/2C58H37N3/c1-3-13-38(14-4-1)40-23-28-45(29-24-40)61-56-34-27-43(37-52(56)50-32-31-49-47-19-9-12-22-54(47)60(57(49)58(50)61)44-17-5-2-6-18-44)42-26-33-55-51(36-42)48-20-10-11-21-53(48)59(55)46-30-25-39-15-7-8-16-41(39)35-46;1-3-13-38(14-4-1)40-23-28-45(29-24-40)61-55-33-27-43(37-51(55)48-31-34-56-57(58(48)61)49-20-10-12-22-53(49)59(56)44-17-5-2-6-18-44)42-26-32-54-50(36-42)47-19-9-11-21-52(47)60(54)46-30-25-39-15-7-8-16-41(39)35-46/h2*1-37H. The number of benzene rings is 20. The molecule has 0 radical (unpaired) electrons. The summed E-state index contributed by atoms with van der Waals surface area (Å²) in [4.78, 5) is 0. The molecule has 0 aliphatic rings. The fourth-order valence-corrected chi connectivity index (χ4v) is 20.1. The summed E-state index contributed by atoms with van der Waals surface area (Å²) in [5.41, 5.74) is 30.9. The van der Waals surface area contributed by atoms with E-state index < -0.39 is 0 Å². The Morgan fingerprint density at radius 1 is 0.115 bits per heavy atom. The number of aromatic nitrogens is 6. The monoisotopic (exact) mass is 1550 g/mol. The molecule has 0 amide bonds. The van der Waals surface area contributed by atoms with E-state index in [-0.39, 0.29) is 0 Å². The van der Waals surface area contributed by atoms with E-state index in [2.05, 4.69) is 476 Å². The number of fused-ring (bicyclic) bond motifs is 22. The van der Waals surface area contributed by atoms with Crippen molar-refractivity contribution >= 4 is 152 Å². The molecule has 0 saturated carbocycles. The van der Waals surface area contributed by atoms with Gasteiger partial charge in [0.05, 0.1) is 66.2 Å². The number of hydrogen-bond acceptors (Lipinski definition) is 0. The first-order valence-corrected chi connectivity index (χ1v) is 42.0. The largest absolute Gasteiger partial charge is 0.309 e. The van der Waals surface area contributed by atoms with Crippen molar-refractivity contribution in [3.63, 3.8) is 0 Å². The molecule has 0 atom stereocenters. The Hall–Kier alpha value is -16.3. The molecule has 6 nitrogen and oxygen atoms in total. The summed E-state index contributed by atoms with van der Waals surface area (Å²) >= 11 is 0. The molecule has 122 heavy (non-hydrogen) atoms. The van der Waals surface area contributed by atoms with E-state index in [1.165, 1.54) is 208 Å². The first-order valence-electron chi connectivity index (χ1n) is 42.0. The first kappa shape index (κ1) is 68.9. The van der Waals surface area contributed by atoms with Gasteiger partial charge >= 0.3 is 0 Å². The van der Waals surface area contributed by atoms with Gasteiger partial charge in [0.1, 0.15) is 0 Å². The van der Waals surface area contributed by atoms with Crippen molar-refractivity contribution in [1.29, 1.82) is 0 Å². The van der Waals surface area contributed by atoms with Crippen molar-refractivity contribution in [3.05, 3.63) is 449 Å². The Morgan fingerprint density at radius 3 is 0.811 bits per heavy atom. The molecule has 0 N–H and O–H groups in total. The molecule has 26 aromatic rings. The van der Waals surface area contributed by atoms with Gasteiger partial charge in [0.15, 0.2) is 0 Å². The Bertz CT molecular complexity index is 8710. The lowest BCUT2D eigenvalue weighted by Gasteiger charge is -2.13. The van der Waals surface area contributed by atoms with E-state index in [1.54, 1.807) is 0 Å². The van der Waals surface area contributed by atoms with Crippen molar-refractivity contribution in [2.45, 2.75) is 0 Å². The Morgan fingerprint density at radius 2 is 0.369 bits per heavy atom. The zero-order chi connectivity index (χ0) is 80.0. The summed E-state index contributed by atoms with van der Waals surface area (Å²) in [6.45, 7) is 0. The van der Waals surface area contributed by atoms with Crippen LogP contribution in [0, 0.1) is 0 Å². The van der Waals surface area contributed by atoms with Crippen LogP contribution >= 0.6 is 0 Å². The molecule has 0 aliphatic carbocycles. The smallest absolute Gasteiger partial charge is 0.0788 e. The highest BCUT2D eigenvalue weighted by atomic mass is 15.1. The van der Waals surface area contributed by atoms with Crippen LogP contribution in [0.15, 0.2) is 449 Å². The van der Waals surface area contributed by atoms with E-state index in [9.17, 15) is 0 Å². The predicted molar refractivity (Wildman–Crippen MR) is 516 cm³/mol. The summed E-state index contributed by atoms with van der Waals surface area (Å²) in [6.07, 6.45) is 0. The van der Waals surface area contributed by atoms with E-state index in [0.717, 1.165) is 22.7 Å². The van der Waals surface area contributed by atoms with Crippen LogP contribution in [-0.2, 0) is 0 Å². The van der Waals surface area contributed by atoms with Gasteiger partial charge in [0.25, 0.3) is 0 Å². The third-order valence-electron chi connectivity index (χ3n) is 25.6. The average Bonchev–Trinajstić information content (AvgIpc) is 1.54. The minimum atomic E-state index is 1.13. The van der Waals surface area contributed by atoms with Crippen LogP contribution in [-0.4, -0.2) is 27.4 Å². The molecule has 6 heteroatoms. The van der Waals surface area contributed by atoms with Crippen LogP contribution in [0.2, 0.25) is 0 Å². The van der Waals surface area contributed by atoms with Gasteiger partial charge in [-0.1, -0.05) is 297 Å². The van der Waals surface area contributed by atoms with Crippen molar-refractivity contribution in [3.8, 4) is 78.6 Å². The minimum Gasteiger partial charge on any atom is -0.309 e. The van der Waals surface area contributed by atoms with Crippen molar-refractivity contribution in [1.82, 2.24) is 27.4 Å². The lowest BCUT2D eigenvalue weighted by Crippen LogP contribution is -1.98. The molecule has 0 unspecified atom stereocenters. The number of para-hydroxylation sites is 6. The van der Waals surface area contributed by atoms with Crippen LogP contribution < -0.4 is 0 Å². The summed E-state index contributed by atoms with van der Waals surface area (Å²) in [6, 6.07) is 164. The molecule has 6 aromatic heterocycles. The van der Waals surface area contributed by atoms with Gasteiger partial charge < -0.3 is 27.4 Å². The third kappa shape index (κ3) is 10.8. The van der Waals surface area contributed by atoms with Crippen LogP contribution in [0.25, 0.3) is 231 Å². The highest BCUT2D eigenvalue weighted by Gasteiger charge is 2.26. The minimum absolute atomic E-state index is 1.13.